The zero-order chi connectivity index (χ0) is 31.3. The van der Waals surface area contributed by atoms with Gasteiger partial charge in [-0.1, -0.05) is 109 Å². The predicted octanol–water partition coefficient (Wildman–Crippen LogP) is 12.5. The molecule has 0 radical (unpaired) electrons. The summed E-state index contributed by atoms with van der Waals surface area (Å²) in [7, 11) is 0. The topological polar surface area (TPSA) is 44.1 Å². The molecule has 48 heavy (non-hydrogen) atoms. The number of nitrogens with zero attached hydrogens (tertiary/aromatic N) is 2. The van der Waals surface area contributed by atoms with Gasteiger partial charge in [-0.05, 0) is 58.7 Å². The summed E-state index contributed by atoms with van der Waals surface area (Å²) in [4.78, 5) is 5.14. The molecule has 11 aromatic rings. The largest absolute Gasteiger partial charge is 0.454 e. The van der Waals surface area contributed by atoms with E-state index < -0.39 is 0 Å². The van der Waals surface area contributed by atoms with E-state index in [0.29, 0.717) is 6.01 Å². The van der Waals surface area contributed by atoms with Crippen molar-refractivity contribution >= 4 is 86.4 Å². The van der Waals surface area contributed by atoms with Crippen LogP contribution in [-0.4, -0.2) is 9.55 Å². The quantitative estimate of drug-likeness (QED) is 0.195. The van der Waals surface area contributed by atoms with Crippen molar-refractivity contribution in [1.82, 2.24) is 9.55 Å². The van der Waals surface area contributed by atoms with Gasteiger partial charge in [0.1, 0.15) is 16.6 Å². The second-order valence-electron chi connectivity index (χ2n) is 12.3. The van der Waals surface area contributed by atoms with Gasteiger partial charge in [0.05, 0.1) is 5.52 Å². The Morgan fingerprint density at radius 2 is 1.27 bits per heavy atom. The highest BCUT2D eigenvalue weighted by molar-refractivity contribution is 7.26. The minimum Gasteiger partial charge on any atom is -0.454 e. The van der Waals surface area contributed by atoms with Crippen LogP contribution >= 0.6 is 11.3 Å². The Morgan fingerprint density at radius 1 is 0.521 bits per heavy atom. The second kappa shape index (κ2) is 9.67. The van der Waals surface area contributed by atoms with Crippen LogP contribution in [0.25, 0.3) is 103 Å². The van der Waals surface area contributed by atoms with E-state index in [9.17, 15) is 0 Å². The molecule has 0 aliphatic rings. The summed E-state index contributed by atoms with van der Waals surface area (Å²) in [5.41, 5.74) is 10.1. The van der Waals surface area contributed by atoms with Gasteiger partial charge in [-0.3, -0.25) is 4.57 Å². The van der Waals surface area contributed by atoms with E-state index in [1.54, 1.807) is 11.3 Å². The molecule has 4 nitrogen and oxygen atoms in total. The fraction of sp³-hybridized carbons (Fsp3) is 0. The number of furan rings is 1. The van der Waals surface area contributed by atoms with Gasteiger partial charge in [0.15, 0.2) is 11.2 Å². The molecule has 0 saturated carbocycles. The van der Waals surface area contributed by atoms with Crippen molar-refractivity contribution < 1.29 is 8.83 Å². The number of aromatic nitrogens is 2. The number of hydrogen-bond donors (Lipinski definition) is 0. The number of benzene rings is 7. The highest BCUT2D eigenvalue weighted by atomic mass is 32.1. The molecule has 0 spiro atoms. The van der Waals surface area contributed by atoms with E-state index in [0.717, 1.165) is 60.2 Å². The maximum atomic E-state index is 6.87. The van der Waals surface area contributed by atoms with Gasteiger partial charge in [-0.15, -0.1) is 11.3 Å². The fourth-order valence-electron chi connectivity index (χ4n) is 7.51. The third-order valence-electron chi connectivity index (χ3n) is 9.66. The summed E-state index contributed by atoms with van der Waals surface area (Å²) in [6.07, 6.45) is 0. The average Bonchev–Trinajstić information content (AvgIpc) is 3.91. The molecule has 0 fully saturated rings. The summed E-state index contributed by atoms with van der Waals surface area (Å²) in [6.45, 7) is 0. The molecule has 224 valence electrons. The molecule has 5 heteroatoms. The van der Waals surface area contributed by atoms with E-state index in [4.69, 9.17) is 13.8 Å². The molecular weight excluding hydrogens is 609 g/mol. The first-order valence-electron chi connectivity index (χ1n) is 16.0. The summed E-state index contributed by atoms with van der Waals surface area (Å²) in [6, 6.07) is 51.8. The van der Waals surface area contributed by atoms with Crippen molar-refractivity contribution in [3.05, 3.63) is 146 Å². The second-order valence-corrected chi connectivity index (χ2v) is 13.4. The molecular formula is C43H24N2O2S. The molecule has 7 aromatic carbocycles. The highest BCUT2D eigenvalue weighted by Crippen LogP contribution is 2.45. The lowest BCUT2D eigenvalue weighted by Gasteiger charge is -2.07. The van der Waals surface area contributed by atoms with Gasteiger partial charge in [0.25, 0.3) is 0 Å². The summed E-state index contributed by atoms with van der Waals surface area (Å²) >= 11 is 1.81. The Labute approximate surface area is 277 Å². The Hall–Kier alpha value is -6.17. The molecule has 4 aromatic heterocycles. The predicted molar refractivity (Wildman–Crippen MR) is 199 cm³/mol. The van der Waals surface area contributed by atoms with Crippen LogP contribution in [0.3, 0.4) is 0 Å². The van der Waals surface area contributed by atoms with Crippen molar-refractivity contribution in [2.75, 3.05) is 0 Å². The first-order chi connectivity index (χ1) is 23.8. The molecule has 11 rings (SSSR count). The van der Waals surface area contributed by atoms with E-state index in [2.05, 4.69) is 138 Å². The van der Waals surface area contributed by atoms with Crippen LogP contribution in [0.5, 0.6) is 0 Å². The Bertz CT molecular complexity index is 3070. The van der Waals surface area contributed by atoms with Crippen LogP contribution in [0.15, 0.2) is 154 Å². The Kier molecular flexibility index (Phi) is 5.23. The monoisotopic (exact) mass is 632 g/mol. The molecule has 0 aliphatic carbocycles. The summed E-state index contributed by atoms with van der Waals surface area (Å²) < 4.78 is 18.0. The summed E-state index contributed by atoms with van der Waals surface area (Å²) in [5.74, 6) is 0. The lowest BCUT2D eigenvalue weighted by Crippen LogP contribution is -1.93. The van der Waals surface area contributed by atoms with Gasteiger partial charge in [0, 0.05) is 41.7 Å². The van der Waals surface area contributed by atoms with Crippen LogP contribution in [0.1, 0.15) is 0 Å². The van der Waals surface area contributed by atoms with E-state index in [-0.39, 0.29) is 0 Å². The zero-order valence-corrected chi connectivity index (χ0v) is 26.3. The molecule has 0 N–H and O–H groups in total. The number of oxazole rings is 1. The van der Waals surface area contributed by atoms with Gasteiger partial charge in [-0.2, -0.15) is 4.98 Å². The maximum Gasteiger partial charge on any atom is 0.307 e. The number of para-hydroxylation sites is 2. The molecule has 0 atom stereocenters. The molecule has 0 amide bonds. The van der Waals surface area contributed by atoms with E-state index in [1.165, 1.54) is 37.0 Å². The first kappa shape index (κ1) is 26.0. The average molecular weight is 633 g/mol. The van der Waals surface area contributed by atoms with Crippen molar-refractivity contribution in [3.8, 4) is 28.3 Å². The molecule has 4 heterocycles. The van der Waals surface area contributed by atoms with Gasteiger partial charge in [0.2, 0.25) is 0 Å². The lowest BCUT2D eigenvalue weighted by atomic mass is 9.98. The highest BCUT2D eigenvalue weighted by Gasteiger charge is 2.23. The number of thiophene rings is 1. The van der Waals surface area contributed by atoms with Crippen molar-refractivity contribution in [2.45, 2.75) is 0 Å². The summed E-state index contributed by atoms with van der Waals surface area (Å²) in [5, 5.41) is 6.68. The van der Waals surface area contributed by atoms with Gasteiger partial charge < -0.3 is 8.83 Å². The Balaban J connectivity index is 1.16. The minimum atomic E-state index is 0.530. The first-order valence-corrected chi connectivity index (χ1v) is 16.9. The van der Waals surface area contributed by atoms with Crippen LogP contribution in [0.4, 0.5) is 0 Å². The smallest absolute Gasteiger partial charge is 0.307 e. The van der Waals surface area contributed by atoms with E-state index in [1.807, 2.05) is 12.1 Å². The Morgan fingerprint density at radius 3 is 2.21 bits per heavy atom. The molecule has 0 unspecified atom stereocenters. The van der Waals surface area contributed by atoms with Crippen molar-refractivity contribution in [3.63, 3.8) is 0 Å². The zero-order valence-electron chi connectivity index (χ0n) is 25.5. The van der Waals surface area contributed by atoms with Crippen LogP contribution in [0, 0.1) is 0 Å². The van der Waals surface area contributed by atoms with Crippen molar-refractivity contribution in [2.24, 2.45) is 0 Å². The minimum absolute atomic E-state index is 0.530. The standard InChI is InChI=1S/C43H24N2O2S/c1-2-10-25(11-3-1)26-12-8-13-27(24-26)28-16-9-17-33-38-37(48-42(28)33)23-22-34-41(38)47-43(44-34)45-35-18-6-4-14-29(35)31-20-21-32-30-15-5-7-19-36(30)46-40(32)39(31)45/h1-24H. The van der Waals surface area contributed by atoms with Crippen LogP contribution in [0.2, 0.25) is 0 Å². The number of fused-ring (bicyclic) bond motifs is 12. The van der Waals surface area contributed by atoms with Gasteiger partial charge in [-0.25, -0.2) is 0 Å². The molecule has 0 bridgehead atoms. The molecule has 0 saturated heterocycles. The van der Waals surface area contributed by atoms with E-state index >= 15 is 0 Å². The number of rotatable bonds is 3. The van der Waals surface area contributed by atoms with Crippen molar-refractivity contribution in [1.29, 1.82) is 0 Å². The third-order valence-corrected chi connectivity index (χ3v) is 10.9. The third kappa shape index (κ3) is 3.56. The van der Waals surface area contributed by atoms with Crippen LogP contribution in [-0.2, 0) is 0 Å². The normalized spacial score (nSPS) is 12.2. The fourth-order valence-corrected chi connectivity index (χ4v) is 8.74. The SMILES string of the molecule is c1ccc(-c2cccc(-c3cccc4c3sc3ccc5nc(-n6c7ccccc7c7ccc8c9ccccc9oc8c76)oc5c34)c2)cc1. The van der Waals surface area contributed by atoms with Gasteiger partial charge >= 0.3 is 6.01 Å². The number of hydrogen-bond acceptors (Lipinski definition) is 4. The van der Waals surface area contributed by atoms with Crippen LogP contribution < -0.4 is 0 Å². The maximum absolute atomic E-state index is 6.87. The molecule has 0 aliphatic heterocycles. The lowest BCUT2D eigenvalue weighted by molar-refractivity contribution is 0.576.